The van der Waals surface area contributed by atoms with Gasteiger partial charge in [-0.3, -0.25) is 0 Å². The Morgan fingerprint density at radius 1 is 1.25 bits per heavy atom. The van der Waals surface area contributed by atoms with Gasteiger partial charge in [0.05, 0.1) is 13.2 Å². The summed E-state index contributed by atoms with van der Waals surface area (Å²) in [4.78, 5) is 6.50. The van der Waals surface area contributed by atoms with Crippen LogP contribution in [0.2, 0.25) is 0 Å². The number of rotatable bonds is 10. The highest BCUT2D eigenvalue weighted by atomic mass is 19.1. The van der Waals surface area contributed by atoms with Crippen molar-refractivity contribution >= 4 is 5.96 Å². The molecule has 0 atom stereocenters. The maximum Gasteiger partial charge on any atom is 0.191 e. The summed E-state index contributed by atoms with van der Waals surface area (Å²) >= 11 is 0. The first-order chi connectivity index (χ1) is 11.6. The van der Waals surface area contributed by atoms with E-state index >= 15 is 0 Å². The van der Waals surface area contributed by atoms with E-state index in [1.165, 1.54) is 6.07 Å². The van der Waals surface area contributed by atoms with Crippen LogP contribution in [-0.4, -0.2) is 57.8 Å². The van der Waals surface area contributed by atoms with Crippen molar-refractivity contribution in [3.05, 3.63) is 35.4 Å². The molecule has 0 fully saturated rings. The number of guanidine groups is 1. The van der Waals surface area contributed by atoms with Crippen LogP contribution in [0, 0.1) is 11.6 Å². The number of halogens is 2. The third kappa shape index (κ3) is 8.21. The minimum absolute atomic E-state index is 0.0899. The molecule has 0 saturated carbocycles. The number of hydrogen-bond donors (Lipinski definition) is 2. The Bertz CT molecular complexity index is 511. The Kier molecular flexibility index (Phi) is 9.95. The fourth-order valence-electron chi connectivity index (χ4n) is 2.09. The van der Waals surface area contributed by atoms with Crippen molar-refractivity contribution in [3.63, 3.8) is 0 Å². The highest BCUT2D eigenvalue weighted by Crippen LogP contribution is 2.10. The van der Waals surface area contributed by atoms with Gasteiger partial charge in [0.25, 0.3) is 0 Å². The number of methoxy groups -OCH3 is 1. The summed E-state index contributed by atoms with van der Waals surface area (Å²) in [5.41, 5.74) is 0.242. The Labute approximate surface area is 143 Å². The van der Waals surface area contributed by atoms with E-state index in [-0.39, 0.29) is 12.1 Å². The van der Waals surface area contributed by atoms with E-state index < -0.39 is 11.6 Å². The summed E-state index contributed by atoms with van der Waals surface area (Å²) in [5.74, 6) is -0.310. The first kappa shape index (κ1) is 20.3. The van der Waals surface area contributed by atoms with Crippen molar-refractivity contribution in [3.8, 4) is 0 Å². The number of nitrogens with zero attached hydrogens (tertiary/aromatic N) is 2. The van der Waals surface area contributed by atoms with Crippen LogP contribution in [0.4, 0.5) is 8.78 Å². The zero-order valence-corrected chi connectivity index (χ0v) is 14.7. The van der Waals surface area contributed by atoms with Crippen molar-refractivity contribution in [2.24, 2.45) is 4.99 Å². The molecular weight excluding hydrogens is 314 g/mol. The third-order valence-electron chi connectivity index (χ3n) is 3.45. The lowest BCUT2D eigenvalue weighted by molar-refractivity contribution is 0.161. The van der Waals surface area contributed by atoms with Crippen molar-refractivity contribution in [2.75, 3.05) is 46.9 Å². The lowest BCUT2D eigenvalue weighted by Gasteiger charge is -2.17. The lowest BCUT2D eigenvalue weighted by Crippen LogP contribution is -2.38. The summed E-state index contributed by atoms with van der Waals surface area (Å²) in [5, 5.41) is 6.30. The first-order valence-corrected chi connectivity index (χ1v) is 8.20. The molecule has 2 N–H and O–H groups in total. The Morgan fingerprint density at radius 2 is 2.04 bits per heavy atom. The number of likely N-dealkylation sites (N-methyl/N-ethyl adjacent to an activating group) is 1. The minimum Gasteiger partial charge on any atom is -0.383 e. The van der Waals surface area contributed by atoms with E-state index in [9.17, 15) is 8.78 Å². The standard InChI is InChI=1S/C17H28F2N4O/c1-4-20-17(21-8-5-9-23(2)10-11-24-3)22-13-14-12-15(18)6-7-16(14)19/h6-7,12H,4-5,8-11,13H2,1-3H3,(H2,20,21,22). The second-order valence-electron chi connectivity index (χ2n) is 5.51. The molecule has 0 radical (unpaired) electrons. The van der Waals surface area contributed by atoms with Gasteiger partial charge >= 0.3 is 0 Å². The number of hydrogen-bond acceptors (Lipinski definition) is 3. The predicted octanol–water partition coefficient (Wildman–Crippen LogP) is 1.99. The van der Waals surface area contributed by atoms with Gasteiger partial charge < -0.3 is 20.3 Å². The van der Waals surface area contributed by atoms with Gasteiger partial charge in [0, 0.05) is 32.3 Å². The van der Waals surface area contributed by atoms with Gasteiger partial charge in [-0.05, 0) is 45.1 Å². The highest BCUT2D eigenvalue weighted by Gasteiger charge is 2.04. The number of nitrogens with one attached hydrogen (secondary N) is 2. The molecule has 5 nitrogen and oxygen atoms in total. The average Bonchev–Trinajstić information content (AvgIpc) is 2.57. The summed E-state index contributed by atoms with van der Waals surface area (Å²) < 4.78 is 31.8. The van der Waals surface area contributed by atoms with Gasteiger partial charge in [-0.2, -0.15) is 0 Å². The quantitative estimate of drug-likeness (QED) is 0.388. The van der Waals surface area contributed by atoms with Crippen molar-refractivity contribution in [1.82, 2.24) is 15.5 Å². The maximum absolute atomic E-state index is 13.6. The number of ether oxygens (including phenoxy) is 1. The van der Waals surface area contributed by atoms with Crippen LogP contribution in [0.1, 0.15) is 18.9 Å². The van der Waals surface area contributed by atoms with Crippen molar-refractivity contribution in [1.29, 1.82) is 0 Å². The smallest absolute Gasteiger partial charge is 0.191 e. The maximum atomic E-state index is 13.6. The van der Waals surface area contributed by atoms with Gasteiger partial charge in [0.1, 0.15) is 11.6 Å². The van der Waals surface area contributed by atoms with Crippen LogP contribution >= 0.6 is 0 Å². The molecule has 0 aliphatic heterocycles. The molecule has 24 heavy (non-hydrogen) atoms. The Balaban J connectivity index is 2.44. The molecule has 0 amide bonds. The molecule has 1 aromatic carbocycles. The zero-order valence-electron chi connectivity index (χ0n) is 14.7. The van der Waals surface area contributed by atoms with Crippen LogP contribution in [0.25, 0.3) is 0 Å². The molecule has 0 heterocycles. The Hall–Kier alpha value is -1.73. The highest BCUT2D eigenvalue weighted by molar-refractivity contribution is 5.79. The normalized spacial score (nSPS) is 11.8. The minimum atomic E-state index is -0.460. The predicted molar refractivity (Wildman–Crippen MR) is 93.2 cm³/mol. The SMILES string of the molecule is CCNC(=NCc1cc(F)ccc1F)NCCCN(C)CCOC. The molecule has 0 aliphatic carbocycles. The van der Waals surface area contributed by atoms with E-state index in [0.29, 0.717) is 19.1 Å². The first-order valence-electron chi connectivity index (χ1n) is 8.20. The van der Waals surface area contributed by atoms with Crippen LogP contribution in [0.3, 0.4) is 0 Å². The molecule has 0 bridgehead atoms. The summed E-state index contributed by atoms with van der Waals surface area (Å²) in [6.45, 7) is 6.04. The summed E-state index contributed by atoms with van der Waals surface area (Å²) in [6, 6.07) is 3.40. The van der Waals surface area contributed by atoms with Gasteiger partial charge in [-0.25, -0.2) is 13.8 Å². The van der Waals surface area contributed by atoms with E-state index in [1.807, 2.05) is 14.0 Å². The molecule has 0 aliphatic rings. The molecule has 1 aromatic rings. The number of aliphatic imine (C=N–C) groups is 1. The monoisotopic (exact) mass is 342 g/mol. The summed E-state index contributed by atoms with van der Waals surface area (Å²) in [7, 11) is 3.74. The fourth-order valence-corrected chi connectivity index (χ4v) is 2.09. The molecule has 7 heteroatoms. The average molecular weight is 342 g/mol. The van der Waals surface area contributed by atoms with Crippen LogP contribution in [0.5, 0.6) is 0 Å². The van der Waals surface area contributed by atoms with Crippen LogP contribution in [-0.2, 0) is 11.3 Å². The van der Waals surface area contributed by atoms with Crippen LogP contribution < -0.4 is 10.6 Å². The molecule has 136 valence electrons. The topological polar surface area (TPSA) is 48.9 Å². The zero-order chi connectivity index (χ0) is 17.8. The fraction of sp³-hybridized carbons (Fsp3) is 0.588. The molecule has 0 spiro atoms. The Morgan fingerprint density at radius 3 is 2.75 bits per heavy atom. The van der Waals surface area contributed by atoms with Gasteiger partial charge in [-0.15, -0.1) is 0 Å². The molecule has 0 saturated heterocycles. The second kappa shape index (κ2) is 11.8. The number of benzene rings is 1. The molecule has 0 aromatic heterocycles. The van der Waals surface area contributed by atoms with E-state index in [1.54, 1.807) is 7.11 Å². The molecule has 1 rings (SSSR count). The summed E-state index contributed by atoms with van der Waals surface area (Å²) in [6.07, 6.45) is 0.943. The molecule has 0 unspecified atom stereocenters. The van der Waals surface area contributed by atoms with Gasteiger partial charge in [-0.1, -0.05) is 0 Å². The molecular formula is C17H28F2N4O. The largest absolute Gasteiger partial charge is 0.383 e. The van der Waals surface area contributed by atoms with Crippen molar-refractivity contribution in [2.45, 2.75) is 19.9 Å². The van der Waals surface area contributed by atoms with E-state index in [2.05, 4.69) is 20.5 Å². The van der Waals surface area contributed by atoms with Gasteiger partial charge in [0.2, 0.25) is 0 Å². The van der Waals surface area contributed by atoms with E-state index in [4.69, 9.17) is 4.74 Å². The van der Waals surface area contributed by atoms with Crippen LogP contribution in [0.15, 0.2) is 23.2 Å². The van der Waals surface area contributed by atoms with E-state index in [0.717, 1.165) is 38.2 Å². The second-order valence-corrected chi connectivity index (χ2v) is 5.51. The lowest BCUT2D eigenvalue weighted by atomic mass is 10.2. The van der Waals surface area contributed by atoms with Crippen molar-refractivity contribution < 1.29 is 13.5 Å². The third-order valence-corrected chi connectivity index (χ3v) is 3.45. The van der Waals surface area contributed by atoms with Gasteiger partial charge in [0.15, 0.2) is 5.96 Å².